The molecule has 2 atom stereocenters. The minimum atomic E-state index is -0.686. The van der Waals surface area contributed by atoms with Gasteiger partial charge in [-0.05, 0) is 19.3 Å². The van der Waals surface area contributed by atoms with E-state index in [0.29, 0.717) is 6.42 Å². The lowest BCUT2D eigenvalue weighted by molar-refractivity contribution is -0.137. The molecular formula is C20H40O4. The topological polar surface area (TPSA) is 77.8 Å². The van der Waals surface area contributed by atoms with Gasteiger partial charge in [0.1, 0.15) is 0 Å². The SMILES string of the molecule is CCCCCC(O)C(O)CCCCCCCCCCCCC(=O)O. The van der Waals surface area contributed by atoms with E-state index in [1.54, 1.807) is 0 Å². The Bertz CT molecular complexity index is 281. The summed E-state index contributed by atoms with van der Waals surface area (Å²) < 4.78 is 0. The molecule has 0 aliphatic carbocycles. The third-order valence-corrected chi connectivity index (χ3v) is 4.69. The van der Waals surface area contributed by atoms with Gasteiger partial charge in [-0.1, -0.05) is 84.0 Å². The molecule has 0 aromatic rings. The van der Waals surface area contributed by atoms with Crippen molar-refractivity contribution < 1.29 is 20.1 Å². The Morgan fingerprint density at radius 1 is 0.667 bits per heavy atom. The summed E-state index contributed by atoms with van der Waals surface area (Å²) in [5, 5.41) is 28.3. The predicted molar refractivity (Wildman–Crippen MR) is 99.2 cm³/mol. The molecule has 0 saturated carbocycles. The molecule has 0 amide bonds. The zero-order chi connectivity index (χ0) is 18.0. The highest BCUT2D eigenvalue weighted by molar-refractivity contribution is 5.66. The third-order valence-electron chi connectivity index (χ3n) is 4.69. The fourth-order valence-electron chi connectivity index (χ4n) is 3.03. The van der Waals surface area contributed by atoms with E-state index in [1.807, 2.05) is 0 Å². The Balaban J connectivity index is 3.25. The smallest absolute Gasteiger partial charge is 0.303 e. The van der Waals surface area contributed by atoms with Crippen molar-refractivity contribution >= 4 is 5.97 Å². The van der Waals surface area contributed by atoms with Gasteiger partial charge in [-0.15, -0.1) is 0 Å². The van der Waals surface area contributed by atoms with Gasteiger partial charge in [-0.3, -0.25) is 4.79 Å². The molecule has 0 aromatic carbocycles. The van der Waals surface area contributed by atoms with Crippen LogP contribution in [0.4, 0.5) is 0 Å². The van der Waals surface area contributed by atoms with E-state index >= 15 is 0 Å². The molecule has 0 spiro atoms. The van der Waals surface area contributed by atoms with Crippen LogP contribution < -0.4 is 0 Å². The minimum absolute atomic E-state index is 0.305. The maximum Gasteiger partial charge on any atom is 0.303 e. The molecule has 144 valence electrons. The summed E-state index contributed by atoms with van der Waals surface area (Å²) >= 11 is 0. The molecule has 2 unspecified atom stereocenters. The van der Waals surface area contributed by atoms with Gasteiger partial charge in [0, 0.05) is 6.42 Å². The first-order valence-corrected chi connectivity index (χ1v) is 10.2. The second kappa shape index (κ2) is 17.2. The number of carboxylic acid groups (broad SMARTS) is 1. The summed E-state index contributed by atoms with van der Waals surface area (Å²) in [6.07, 6.45) is 15.2. The molecule has 0 heterocycles. The summed E-state index contributed by atoms with van der Waals surface area (Å²) in [7, 11) is 0. The normalized spacial score (nSPS) is 13.8. The van der Waals surface area contributed by atoms with E-state index in [4.69, 9.17) is 5.11 Å². The molecule has 0 aliphatic heterocycles. The highest BCUT2D eigenvalue weighted by Gasteiger charge is 2.14. The number of aliphatic hydroxyl groups is 2. The monoisotopic (exact) mass is 344 g/mol. The lowest BCUT2D eigenvalue weighted by Crippen LogP contribution is -2.25. The first-order valence-electron chi connectivity index (χ1n) is 10.2. The molecule has 4 heteroatoms. The van der Waals surface area contributed by atoms with Gasteiger partial charge < -0.3 is 15.3 Å². The highest BCUT2D eigenvalue weighted by atomic mass is 16.4. The van der Waals surface area contributed by atoms with Crippen molar-refractivity contribution in [2.24, 2.45) is 0 Å². The average Bonchev–Trinajstić information content (AvgIpc) is 2.55. The second-order valence-corrected chi connectivity index (χ2v) is 7.10. The Kier molecular flexibility index (Phi) is 16.8. The maximum atomic E-state index is 10.4. The lowest BCUT2D eigenvalue weighted by atomic mass is 10.00. The second-order valence-electron chi connectivity index (χ2n) is 7.10. The first kappa shape index (κ1) is 23.4. The number of rotatable bonds is 18. The summed E-state index contributed by atoms with van der Waals surface area (Å²) in [6.45, 7) is 2.14. The van der Waals surface area contributed by atoms with Gasteiger partial charge in [-0.2, -0.15) is 0 Å². The first-order chi connectivity index (χ1) is 11.6. The van der Waals surface area contributed by atoms with Crippen LogP contribution >= 0.6 is 0 Å². The van der Waals surface area contributed by atoms with Gasteiger partial charge in [0.2, 0.25) is 0 Å². The number of aliphatic hydroxyl groups excluding tert-OH is 2. The summed E-state index contributed by atoms with van der Waals surface area (Å²) in [4.78, 5) is 10.4. The zero-order valence-corrected chi connectivity index (χ0v) is 15.7. The van der Waals surface area contributed by atoms with Crippen LogP contribution in [-0.4, -0.2) is 33.5 Å². The van der Waals surface area contributed by atoms with Crippen molar-refractivity contribution in [3.8, 4) is 0 Å². The van der Waals surface area contributed by atoms with Gasteiger partial charge in [-0.25, -0.2) is 0 Å². The van der Waals surface area contributed by atoms with E-state index in [2.05, 4.69) is 6.92 Å². The highest BCUT2D eigenvalue weighted by Crippen LogP contribution is 2.15. The number of hydrogen-bond donors (Lipinski definition) is 3. The van der Waals surface area contributed by atoms with Crippen molar-refractivity contribution in [3.05, 3.63) is 0 Å². The molecule has 0 aromatic heterocycles. The molecule has 0 rings (SSSR count). The Morgan fingerprint density at radius 3 is 1.46 bits per heavy atom. The van der Waals surface area contributed by atoms with E-state index in [0.717, 1.165) is 64.2 Å². The molecule has 3 N–H and O–H groups in total. The molecule has 0 radical (unpaired) electrons. The van der Waals surface area contributed by atoms with E-state index in [9.17, 15) is 15.0 Å². The standard InChI is InChI=1S/C20H40O4/c1-2-3-12-15-18(21)19(22)16-13-10-8-6-4-5-7-9-11-14-17-20(23)24/h18-19,21-22H,2-17H2,1H3,(H,23,24). The van der Waals surface area contributed by atoms with Crippen molar-refractivity contribution in [1.29, 1.82) is 0 Å². The van der Waals surface area contributed by atoms with Crippen molar-refractivity contribution in [1.82, 2.24) is 0 Å². The molecule has 0 aliphatic rings. The van der Waals surface area contributed by atoms with Crippen LogP contribution in [-0.2, 0) is 4.79 Å². The van der Waals surface area contributed by atoms with E-state index < -0.39 is 18.2 Å². The van der Waals surface area contributed by atoms with Gasteiger partial charge in [0.15, 0.2) is 0 Å². The third kappa shape index (κ3) is 16.3. The number of carboxylic acids is 1. The van der Waals surface area contributed by atoms with E-state index in [1.165, 1.54) is 32.1 Å². The number of carbonyl (C=O) groups is 1. The van der Waals surface area contributed by atoms with Gasteiger partial charge >= 0.3 is 5.97 Å². The van der Waals surface area contributed by atoms with Crippen LogP contribution in [0.2, 0.25) is 0 Å². The molecule has 0 bridgehead atoms. The fourth-order valence-corrected chi connectivity index (χ4v) is 3.03. The lowest BCUT2D eigenvalue weighted by Gasteiger charge is -2.17. The number of aliphatic carboxylic acids is 1. The molecule has 0 fully saturated rings. The van der Waals surface area contributed by atoms with E-state index in [-0.39, 0.29) is 0 Å². The van der Waals surface area contributed by atoms with Crippen molar-refractivity contribution in [2.75, 3.05) is 0 Å². The Hall–Kier alpha value is -0.610. The molecule has 0 saturated heterocycles. The maximum absolute atomic E-state index is 10.4. The fraction of sp³-hybridized carbons (Fsp3) is 0.950. The van der Waals surface area contributed by atoms with Crippen LogP contribution in [0, 0.1) is 0 Å². The minimum Gasteiger partial charge on any atom is -0.481 e. The zero-order valence-electron chi connectivity index (χ0n) is 15.7. The Labute approximate surface area is 148 Å². The predicted octanol–water partition coefficient (Wildman–Crippen LogP) is 5.05. The molecule has 24 heavy (non-hydrogen) atoms. The quantitative estimate of drug-likeness (QED) is 0.304. The van der Waals surface area contributed by atoms with Crippen molar-refractivity contribution in [2.45, 2.75) is 122 Å². The summed E-state index contributed by atoms with van der Waals surface area (Å²) in [5.41, 5.74) is 0. The van der Waals surface area contributed by atoms with Crippen molar-refractivity contribution in [3.63, 3.8) is 0 Å². The van der Waals surface area contributed by atoms with Crippen LogP contribution in [0.3, 0.4) is 0 Å². The molecular weight excluding hydrogens is 304 g/mol. The van der Waals surface area contributed by atoms with Crippen LogP contribution in [0.25, 0.3) is 0 Å². The summed E-state index contributed by atoms with van der Waals surface area (Å²) in [5.74, 6) is -0.686. The van der Waals surface area contributed by atoms with Crippen LogP contribution in [0.15, 0.2) is 0 Å². The van der Waals surface area contributed by atoms with Crippen LogP contribution in [0.5, 0.6) is 0 Å². The average molecular weight is 345 g/mol. The Morgan fingerprint density at radius 2 is 1.04 bits per heavy atom. The number of hydrogen-bond acceptors (Lipinski definition) is 3. The van der Waals surface area contributed by atoms with Gasteiger partial charge in [0.05, 0.1) is 12.2 Å². The largest absolute Gasteiger partial charge is 0.481 e. The summed E-state index contributed by atoms with van der Waals surface area (Å²) in [6, 6.07) is 0. The van der Waals surface area contributed by atoms with Gasteiger partial charge in [0.25, 0.3) is 0 Å². The molecule has 4 nitrogen and oxygen atoms in total. The van der Waals surface area contributed by atoms with Crippen LogP contribution in [0.1, 0.15) is 110 Å². The number of unbranched alkanes of at least 4 members (excludes halogenated alkanes) is 11.